The minimum Gasteiger partial charge on any atom is -0.345 e. The van der Waals surface area contributed by atoms with Crippen LogP contribution in [0.5, 0.6) is 0 Å². The Labute approximate surface area is 150 Å². The van der Waals surface area contributed by atoms with Gasteiger partial charge in [0.05, 0.1) is 5.92 Å². The molecule has 1 aliphatic heterocycles. The van der Waals surface area contributed by atoms with Gasteiger partial charge in [0.2, 0.25) is 5.91 Å². The van der Waals surface area contributed by atoms with Crippen LogP contribution in [0.2, 0.25) is 0 Å². The Kier molecular flexibility index (Phi) is 10.6. The van der Waals surface area contributed by atoms with E-state index in [1.807, 2.05) is 11.9 Å². The molecule has 4 nitrogen and oxygen atoms in total. The number of nitrogens with zero attached hydrogens (tertiary/aromatic N) is 2. The van der Waals surface area contributed by atoms with Crippen molar-refractivity contribution in [1.29, 1.82) is 0 Å². The Morgan fingerprint density at radius 3 is 2.21 bits per heavy atom. The number of likely N-dealkylation sites (tertiary alicyclic amines) is 1. The van der Waals surface area contributed by atoms with Gasteiger partial charge in [-0.3, -0.25) is 4.79 Å². The van der Waals surface area contributed by atoms with Gasteiger partial charge in [0, 0.05) is 39.3 Å². The van der Waals surface area contributed by atoms with Crippen LogP contribution in [0, 0.1) is 11.8 Å². The summed E-state index contributed by atoms with van der Waals surface area (Å²) in [6.45, 7) is 14.0. The highest BCUT2D eigenvalue weighted by atomic mass is 16.2. The number of unbranched alkanes of at least 4 members (excludes halogenated alkanes) is 5. The molecule has 1 fully saturated rings. The Morgan fingerprint density at radius 2 is 1.62 bits per heavy atom. The zero-order valence-corrected chi connectivity index (χ0v) is 16.8. The van der Waals surface area contributed by atoms with E-state index in [-0.39, 0.29) is 5.92 Å². The largest absolute Gasteiger partial charge is 0.345 e. The maximum absolute atomic E-state index is 12.3. The molecule has 24 heavy (non-hydrogen) atoms. The molecule has 0 aromatic carbocycles. The molecule has 4 heteroatoms. The number of nitrogens with one attached hydrogen (secondary N) is 1. The van der Waals surface area contributed by atoms with Crippen molar-refractivity contribution < 1.29 is 4.79 Å². The first-order valence-corrected chi connectivity index (χ1v) is 10.1. The van der Waals surface area contributed by atoms with E-state index in [0.29, 0.717) is 17.9 Å². The van der Waals surface area contributed by atoms with Gasteiger partial charge in [0.15, 0.2) is 0 Å². The van der Waals surface area contributed by atoms with E-state index < -0.39 is 0 Å². The van der Waals surface area contributed by atoms with Gasteiger partial charge in [0.1, 0.15) is 0 Å². The van der Waals surface area contributed by atoms with Gasteiger partial charge >= 0.3 is 0 Å². The van der Waals surface area contributed by atoms with E-state index in [1.54, 1.807) is 0 Å². The highest BCUT2D eigenvalue weighted by molar-refractivity contribution is 5.79. The van der Waals surface area contributed by atoms with Gasteiger partial charge in [-0.05, 0) is 25.3 Å². The lowest BCUT2D eigenvalue weighted by molar-refractivity contribution is -0.140. The number of hydrogen-bond donors (Lipinski definition) is 1. The van der Waals surface area contributed by atoms with Gasteiger partial charge in [-0.2, -0.15) is 0 Å². The van der Waals surface area contributed by atoms with Crippen molar-refractivity contribution in [1.82, 2.24) is 15.1 Å². The van der Waals surface area contributed by atoms with E-state index in [9.17, 15) is 4.79 Å². The highest BCUT2D eigenvalue weighted by Crippen LogP contribution is 2.19. The molecule has 1 heterocycles. The molecule has 142 valence electrons. The first-order valence-electron chi connectivity index (χ1n) is 10.1. The van der Waals surface area contributed by atoms with Crippen LogP contribution in [0.25, 0.3) is 0 Å². The van der Waals surface area contributed by atoms with Crippen LogP contribution in [0.15, 0.2) is 0 Å². The smallest absolute Gasteiger partial charge is 0.228 e. The van der Waals surface area contributed by atoms with E-state index in [0.717, 1.165) is 39.1 Å². The summed E-state index contributed by atoms with van der Waals surface area (Å²) in [4.78, 5) is 16.7. The summed E-state index contributed by atoms with van der Waals surface area (Å²) < 4.78 is 0. The minimum absolute atomic E-state index is 0.252. The zero-order valence-electron chi connectivity index (χ0n) is 16.8. The lowest BCUT2D eigenvalue weighted by atomic mass is 9.97. The Balaban J connectivity index is 1.95. The molecular formula is C20H41N3O. The molecule has 0 aliphatic carbocycles. The lowest BCUT2D eigenvalue weighted by Crippen LogP contribution is -2.54. The molecule has 1 aliphatic rings. The van der Waals surface area contributed by atoms with Crippen LogP contribution in [0.4, 0.5) is 0 Å². The van der Waals surface area contributed by atoms with Crippen LogP contribution in [-0.4, -0.2) is 61.5 Å². The molecule has 0 saturated carbocycles. The monoisotopic (exact) mass is 339 g/mol. The van der Waals surface area contributed by atoms with Gasteiger partial charge in [0.25, 0.3) is 0 Å². The zero-order chi connectivity index (χ0) is 17.9. The first kappa shape index (κ1) is 21.4. The number of carbonyl (C=O) groups excluding carboxylic acids is 1. The van der Waals surface area contributed by atoms with Crippen molar-refractivity contribution in [3.8, 4) is 0 Å². The summed E-state index contributed by atoms with van der Waals surface area (Å²) in [5.74, 6) is 1.30. The summed E-state index contributed by atoms with van der Waals surface area (Å²) in [5.41, 5.74) is 0. The lowest BCUT2D eigenvalue weighted by Gasteiger charge is -2.40. The summed E-state index contributed by atoms with van der Waals surface area (Å²) in [6.07, 6.45) is 7.63. The second-order valence-corrected chi connectivity index (χ2v) is 8.30. The topological polar surface area (TPSA) is 35.6 Å². The van der Waals surface area contributed by atoms with Crippen LogP contribution in [0.1, 0.15) is 66.2 Å². The number of amides is 1. The molecule has 0 bridgehead atoms. The number of carbonyl (C=O) groups is 1. The predicted molar refractivity (Wildman–Crippen MR) is 103 cm³/mol. The third-order valence-electron chi connectivity index (χ3n) is 4.78. The first-order chi connectivity index (χ1) is 11.4. The fraction of sp³-hybridized carbons (Fsp3) is 0.950. The second kappa shape index (κ2) is 11.9. The average Bonchev–Trinajstić information content (AvgIpc) is 2.47. The maximum Gasteiger partial charge on any atom is 0.228 e. The van der Waals surface area contributed by atoms with Crippen molar-refractivity contribution >= 4 is 5.91 Å². The molecule has 0 unspecified atom stereocenters. The summed E-state index contributed by atoms with van der Waals surface area (Å²) in [7, 11) is 1.98. The maximum atomic E-state index is 12.3. The Bertz CT molecular complexity index is 338. The molecule has 1 N–H and O–H groups in total. The average molecular weight is 340 g/mol. The van der Waals surface area contributed by atoms with Gasteiger partial charge in [-0.1, -0.05) is 53.4 Å². The Hall–Kier alpha value is -0.610. The van der Waals surface area contributed by atoms with Crippen LogP contribution >= 0.6 is 0 Å². The SMILES string of the molecule is CC(C)CN1CC(C(=O)N(C)CCCCCCCCNC(C)C)C1. The van der Waals surface area contributed by atoms with E-state index in [4.69, 9.17) is 0 Å². The molecular weight excluding hydrogens is 298 g/mol. The molecule has 1 amide bonds. The molecule has 0 aromatic heterocycles. The van der Waals surface area contributed by atoms with Gasteiger partial charge in [-0.15, -0.1) is 0 Å². The van der Waals surface area contributed by atoms with Crippen molar-refractivity contribution in [2.45, 2.75) is 72.3 Å². The van der Waals surface area contributed by atoms with Crippen molar-refractivity contribution in [2.75, 3.05) is 39.8 Å². The summed E-state index contributed by atoms with van der Waals surface area (Å²) in [6, 6.07) is 0.603. The summed E-state index contributed by atoms with van der Waals surface area (Å²) in [5, 5.41) is 3.46. The van der Waals surface area contributed by atoms with Crippen molar-refractivity contribution in [3.05, 3.63) is 0 Å². The van der Waals surface area contributed by atoms with E-state index >= 15 is 0 Å². The van der Waals surface area contributed by atoms with Gasteiger partial charge < -0.3 is 15.1 Å². The third-order valence-corrected chi connectivity index (χ3v) is 4.78. The summed E-state index contributed by atoms with van der Waals surface area (Å²) >= 11 is 0. The predicted octanol–water partition coefficient (Wildman–Crippen LogP) is 3.37. The standard InChI is InChI=1S/C20H41N3O/c1-17(2)14-23-15-19(16-23)20(24)22(5)13-11-9-7-6-8-10-12-21-18(3)4/h17-19,21H,6-16H2,1-5H3. The molecule has 0 atom stereocenters. The minimum atomic E-state index is 0.252. The third kappa shape index (κ3) is 9.03. The number of hydrogen-bond acceptors (Lipinski definition) is 3. The van der Waals surface area contributed by atoms with Crippen LogP contribution in [-0.2, 0) is 4.79 Å². The van der Waals surface area contributed by atoms with Crippen molar-refractivity contribution in [2.24, 2.45) is 11.8 Å². The number of rotatable bonds is 13. The van der Waals surface area contributed by atoms with E-state index in [1.165, 1.54) is 32.1 Å². The van der Waals surface area contributed by atoms with Crippen molar-refractivity contribution in [3.63, 3.8) is 0 Å². The molecule has 0 spiro atoms. The van der Waals surface area contributed by atoms with Crippen LogP contribution < -0.4 is 5.32 Å². The quantitative estimate of drug-likeness (QED) is 0.523. The second-order valence-electron chi connectivity index (χ2n) is 8.30. The van der Waals surface area contributed by atoms with E-state index in [2.05, 4.69) is 37.9 Å². The molecule has 1 rings (SSSR count). The van der Waals surface area contributed by atoms with Gasteiger partial charge in [-0.25, -0.2) is 0 Å². The molecule has 0 radical (unpaired) electrons. The normalized spacial score (nSPS) is 16.0. The van der Waals surface area contributed by atoms with Crippen LogP contribution in [0.3, 0.4) is 0 Å². The fourth-order valence-corrected chi connectivity index (χ4v) is 3.39. The fourth-order valence-electron chi connectivity index (χ4n) is 3.39. The molecule has 1 saturated heterocycles. The molecule has 0 aromatic rings. The highest BCUT2D eigenvalue weighted by Gasteiger charge is 2.34. The Morgan fingerprint density at radius 1 is 1.04 bits per heavy atom.